The predicted octanol–water partition coefficient (Wildman–Crippen LogP) is 2.47. The van der Waals surface area contributed by atoms with E-state index < -0.39 is 0 Å². The zero-order valence-corrected chi connectivity index (χ0v) is 15.0. The average molecular weight is 363 g/mol. The summed E-state index contributed by atoms with van der Waals surface area (Å²) in [4.78, 5) is 28.3. The summed E-state index contributed by atoms with van der Waals surface area (Å²) in [7, 11) is 0. The third kappa shape index (κ3) is 5.50. The van der Waals surface area contributed by atoms with Crippen molar-refractivity contribution in [2.75, 3.05) is 5.32 Å². The highest BCUT2D eigenvalue weighted by Crippen LogP contribution is 2.07. The first kappa shape index (κ1) is 18.3. The number of anilines is 1. The number of hydrogen-bond donors (Lipinski definition) is 2. The zero-order chi connectivity index (χ0) is 19.1. The van der Waals surface area contributed by atoms with E-state index in [0.717, 1.165) is 5.56 Å². The quantitative estimate of drug-likeness (QED) is 0.675. The van der Waals surface area contributed by atoms with Crippen LogP contribution in [0.3, 0.4) is 0 Å². The maximum absolute atomic E-state index is 12.2. The smallest absolute Gasteiger partial charge is 0.251 e. The molecular formula is C20H21N5O2. The number of pyridine rings is 1. The van der Waals surface area contributed by atoms with Gasteiger partial charge < -0.3 is 10.6 Å². The molecule has 2 N–H and O–H groups in total. The van der Waals surface area contributed by atoms with Crippen LogP contribution in [0.15, 0.2) is 67.1 Å². The van der Waals surface area contributed by atoms with E-state index in [9.17, 15) is 9.59 Å². The molecule has 3 rings (SSSR count). The van der Waals surface area contributed by atoms with E-state index in [4.69, 9.17) is 0 Å². The van der Waals surface area contributed by atoms with Crippen LogP contribution in [-0.2, 0) is 11.3 Å². The average Bonchev–Trinajstić information content (AvgIpc) is 3.09. The summed E-state index contributed by atoms with van der Waals surface area (Å²) in [6.07, 6.45) is 5.42. The van der Waals surface area contributed by atoms with Crippen molar-refractivity contribution >= 4 is 17.6 Å². The van der Waals surface area contributed by atoms with E-state index in [-0.39, 0.29) is 24.3 Å². The van der Waals surface area contributed by atoms with E-state index in [2.05, 4.69) is 20.7 Å². The highest BCUT2D eigenvalue weighted by atomic mass is 16.2. The molecule has 27 heavy (non-hydrogen) atoms. The monoisotopic (exact) mass is 363 g/mol. The van der Waals surface area contributed by atoms with Crippen LogP contribution < -0.4 is 10.6 Å². The van der Waals surface area contributed by atoms with Crippen LogP contribution in [0.2, 0.25) is 0 Å². The van der Waals surface area contributed by atoms with E-state index >= 15 is 0 Å². The molecule has 0 spiro atoms. The number of hydrogen-bond acceptors (Lipinski definition) is 4. The summed E-state index contributed by atoms with van der Waals surface area (Å²) in [6.45, 7) is 2.39. The predicted molar refractivity (Wildman–Crippen MR) is 102 cm³/mol. The van der Waals surface area contributed by atoms with Crippen LogP contribution in [0.4, 0.5) is 5.82 Å². The second kappa shape index (κ2) is 8.75. The molecule has 0 aliphatic rings. The van der Waals surface area contributed by atoms with Crippen LogP contribution in [0.1, 0.15) is 29.3 Å². The Morgan fingerprint density at radius 1 is 1.07 bits per heavy atom. The van der Waals surface area contributed by atoms with Gasteiger partial charge in [0.05, 0.1) is 6.54 Å². The van der Waals surface area contributed by atoms with Gasteiger partial charge in [0.25, 0.3) is 5.91 Å². The number of aromatic nitrogens is 3. The fourth-order valence-corrected chi connectivity index (χ4v) is 2.61. The van der Waals surface area contributed by atoms with Gasteiger partial charge in [0.15, 0.2) is 5.82 Å². The molecule has 7 nitrogen and oxygen atoms in total. The molecule has 2 aromatic heterocycles. The SMILES string of the molecule is CC(CC(=O)Nc1ccn(Cc2ccncc2)n1)NC(=O)c1ccccc1. The van der Waals surface area contributed by atoms with E-state index in [1.807, 2.05) is 18.2 Å². The van der Waals surface area contributed by atoms with Crippen molar-refractivity contribution in [3.63, 3.8) is 0 Å². The minimum Gasteiger partial charge on any atom is -0.349 e. The number of nitrogens with zero attached hydrogens (tertiary/aromatic N) is 3. The molecule has 0 fully saturated rings. The molecule has 0 bridgehead atoms. The first-order valence-corrected chi connectivity index (χ1v) is 8.68. The van der Waals surface area contributed by atoms with Gasteiger partial charge in [0.2, 0.25) is 5.91 Å². The molecule has 3 aromatic rings. The van der Waals surface area contributed by atoms with Gasteiger partial charge in [-0.15, -0.1) is 0 Å². The summed E-state index contributed by atoms with van der Waals surface area (Å²) >= 11 is 0. The maximum atomic E-state index is 12.2. The molecule has 7 heteroatoms. The summed E-state index contributed by atoms with van der Waals surface area (Å²) in [5.74, 6) is 0.0817. The van der Waals surface area contributed by atoms with Crippen molar-refractivity contribution in [1.82, 2.24) is 20.1 Å². The minimum absolute atomic E-state index is 0.162. The van der Waals surface area contributed by atoms with Gasteiger partial charge in [-0.1, -0.05) is 18.2 Å². The summed E-state index contributed by atoms with van der Waals surface area (Å²) < 4.78 is 1.74. The number of carbonyl (C=O) groups is 2. The van der Waals surface area contributed by atoms with Gasteiger partial charge in [-0.25, -0.2) is 0 Å². The molecule has 0 radical (unpaired) electrons. The Balaban J connectivity index is 1.48. The molecule has 0 saturated heterocycles. The molecule has 1 unspecified atom stereocenters. The van der Waals surface area contributed by atoms with Crippen LogP contribution >= 0.6 is 0 Å². The summed E-state index contributed by atoms with van der Waals surface area (Å²) in [6, 6.07) is 14.2. The van der Waals surface area contributed by atoms with Crippen molar-refractivity contribution in [3.05, 3.63) is 78.2 Å². The molecule has 138 valence electrons. The fraction of sp³-hybridized carbons (Fsp3) is 0.200. The lowest BCUT2D eigenvalue weighted by Crippen LogP contribution is -2.35. The van der Waals surface area contributed by atoms with Crippen molar-refractivity contribution < 1.29 is 9.59 Å². The van der Waals surface area contributed by atoms with E-state index in [1.54, 1.807) is 60.5 Å². The molecule has 0 aliphatic heterocycles. The maximum Gasteiger partial charge on any atom is 0.251 e. The van der Waals surface area contributed by atoms with E-state index in [0.29, 0.717) is 17.9 Å². The molecule has 0 saturated carbocycles. The van der Waals surface area contributed by atoms with Crippen LogP contribution in [-0.4, -0.2) is 32.6 Å². The van der Waals surface area contributed by atoms with Crippen molar-refractivity contribution in [2.45, 2.75) is 25.9 Å². The Morgan fingerprint density at radius 3 is 2.56 bits per heavy atom. The second-order valence-electron chi connectivity index (χ2n) is 6.25. The zero-order valence-electron chi connectivity index (χ0n) is 15.0. The molecule has 1 atom stereocenters. The van der Waals surface area contributed by atoms with Crippen molar-refractivity contribution in [3.8, 4) is 0 Å². The first-order valence-electron chi connectivity index (χ1n) is 8.68. The van der Waals surface area contributed by atoms with Gasteiger partial charge in [-0.3, -0.25) is 19.3 Å². The normalized spacial score (nSPS) is 11.6. The Morgan fingerprint density at radius 2 is 1.81 bits per heavy atom. The molecule has 1 aromatic carbocycles. The topological polar surface area (TPSA) is 88.9 Å². The van der Waals surface area contributed by atoms with Crippen LogP contribution in [0.25, 0.3) is 0 Å². The number of carbonyl (C=O) groups excluding carboxylic acids is 2. The number of rotatable bonds is 7. The van der Waals surface area contributed by atoms with Crippen LogP contribution in [0.5, 0.6) is 0 Å². The van der Waals surface area contributed by atoms with Gasteiger partial charge in [-0.2, -0.15) is 5.10 Å². The third-order valence-corrected chi connectivity index (χ3v) is 3.91. The Kier molecular flexibility index (Phi) is 5.94. The standard InChI is InChI=1S/C20H21N5O2/c1-15(22-20(27)17-5-3-2-4-6-17)13-19(26)23-18-9-12-25(24-18)14-16-7-10-21-11-8-16/h2-12,15H,13-14H2,1H3,(H,22,27)(H,23,24,26). The molecular weight excluding hydrogens is 342 g/mol. The number of benzene rings is 1. The van der Waals surface area contributed by atoms with Gasteiger partial charge in [0.1, 0.15) is 0 Å². The van der Waals surface area contributed by atoms with Gasteiger partial charge in [0, 0.05) is 42.7 Å². The number of nitrogens with one attached hydrogen (secondary N) is 2. The minimum atomic E-state index is -0.295. The Labute approximate surface area is 157 Å². The van der Waals surface area contributed by atoms with Crippen molar-refractivity contribution in [1.29, 1.82) is 0 Å². The fourth-order valence-electron chi connectivity index (χ4n) is 2.61. The lowest BCUT2D eigenvalue weighted by atomic mass is 10.1. The van der Waals surface area contributed by atoms with Gasteiger partial charge in [-0.05, 0) is 36.8 Å². The molecule has 0 aliphatic carbocycles. The Hall–Kier alpha value is -3.48. The Bertz CT molecular complexity index is 893. The lowest BCUT2D eigenvalue weighted by Gasteiger charge is -2.13. The highest BCUT2D eigenvalue weighted by Gasteiger charge is 2.14. The lowest BCUT2D eigenvalue weighted by molar-refractivity contribution is -0.116. The largest absolute Gasteiger partial charge is 0.349 e. The molecule has 2 amide bonds. The second-order valence-corrected chi connectivity index (χ2v) is 6.25. The molecule has 2 heterocycles. The van der Waals surface area contributed by atoms with Gasteiger partial charge >= 0.3 is 0 Å². The first-order chi connectivity index (χ1) is 13.1. The highest BCUT2D eigenvalue weighted by molar-refractivity contribution is 5.95. The summed E-state index contributed by atoms with van der Waals surface area (Å²) in [5.41, 5.74) is 1.64. The van der Waals surface area contributed by atoms with Crippen LogP contribution in [0, 0.1) is 0 Å². The number of amides is 2. The van der Waals surface area contributed by atoms with E-state index in [1.165, 1.54) is 0 Å². The van der Waals surface area contributed by atoms with Crippen molar-refractivity contribution in [2.24, 2.45) is 0 Å². The summed E-state index contributed by atoms with van der Waals surface area (Å²) in [5, 5.41) is 9.92. The third-order valence-electron chi connectivity index (χ3n) is 3.91.